The van der Waals surface area contributed by atoms with Crippen LogP contribution in [0.5, 0.6) is 5.88 Å². The highest BCUT2D eigenvalue weighted by molar-refractivity contribution is 6.02. The minimum absolute atomic E-state index is 0.0161. The van der Waals surface area contributed by atoms with Crippen molar-refractivity contribution in [1.82, 2.24) is 9.78 Å². The van der Waals surface area contributed by atoms with Gasteiger partial charge in [-0.1, -0.05) is 0 Å². The number of amides is 1. The standard InChI is InChI=1S/C18H11F4N3O3/c1-28-16-8-15(26)17(18(27)23-9-2-4-11(19)13(21)6-9)24-25(16)10-3-5-12(20)14(22)7-10/h2-8H,1H3,(H,23,27). The Morgan fingerprint density at radius 1 is 0.964 bits per heavy atom. The van der Waals surface area contributed by atoms with Gasteiger partial charge in [0.1, 0.15) is 0 Å². The summed E-state index contributed by atoms with van der Waals surface area (Å²) in [6, 6.07) is 6.34. The lowest BCUT2D eigenvalue weighted by Crippen LogP contribution is -2.26. The summed E-state index contributed by atoms with van der Waals surface area (Å²) in [5.41, 5.74) is -1.59. The number of carbonyl (C=O) groups excluding carboxylic acids is 1. The number of nitrogens with one attached hydrogen (secondary N) is 1. The van der Waals surface area contributed by atoms with E-state index in [1.165, 1.54) is 7.11 Å². The Morgan fingerprint density at radius 2 is 1.61 bits per heavy atom. The van der Waals surface area contributed by atoms with Gasteiger partial charge in [-0.25, -0.2) is 22.2 Å². The third-order valence-corrected chi connectivity index (χ3v) is 3.65. The van der Waals surface area contributed by atoms with Crippen LogP contribution in [0.3, 0.4) is 0 Å². The van der Waals surface area contributed by atoms with Crippen LogP contribution in [0.4, 0.5) is 23.2 Å². The summed E-state index contributed by atoms with van der Waals surface area (Å²) in [6.45, 7) is 0. The average molecular weight is 393 g/mol. The summed E-state index contributed by atoms with van der Waals surface area (Å²) >= 11 is 0. The molecule has 0 aliphatic carbocycles. The van der Waals surface area contributed by atoms with E-state index in [0.717, 1.165) is 47.1 Å². The molecule has 28 heavy (non-hydrogen) atoms. The zero-order valence-corrected chi connectivity index (χ0v) is 14.2. The van der Waals surface area contributed by atoms with Gasteiger partial charge in [0, 0.05) is 17.8 Å². The molecule has 144 valence electrons. The van der Waals surface area contributed by atoms with Gasteiger partial charge in [-0.05, 0) is 24.3 Å². The van der Waals surface area contributed by atoms with Gasteiger partial charge in [0.2, 0.25) is 11.3 Å². The number of anilines is 1. The molecule has 0 bridgehead atoms. The van der Waals surface area contributed by atoms with Crippen LogP contribution in [-0.2, 0) is 0 Å². The zero-order chi connectivity index (χ0) is 20.4. The Bertz CT molecular complexity index is 1130. The summed E-state index contributed by atoms with van der Waals surface area (Å²) in [7, 11) is 1.22. The van der Waals surface area contributed by atoms with Gasteiger partial charge >= 0.3 is 0 Å². The van der Waals surface area contributed by atoms with E-state index in [1.807, 2.05) is 0 Å². The maximum absolute atomic E-state index is 13.5. The quantitative estimate of drug-likeness (QED) is 0.692. The van der Waals surface area contributed by atoms with Crippen LogP contribution in [0.15, 0.2) is 47.3 Å². The molecule has 0 aliphatic rings. The van der Waals surface area contributed by atoms with E-state index < -0.39 is 40.3 Å². The molecule has 3 aromatic rings. The first-order valence-corrected chi connectivity index (χ1v) is 7.70. The van der Waals surface area contributed by atoms with Crippen molar-refractivity contribution in [2.75, 3.05) is 12.4 Å². The Labute approximate surface area is 155 Å². The van der Waals surface area contributed by atoms with Gasteiger partial charge in [-0.3, -0.25) is 9.59 Å². The van der Waals surface area contributed by atoms with E-state index in [-0.39, 0.29) is 17.3 Å². The van der Waals surface area contributed by atoms with E-state index in [4.69, 9.17) is 4.74 Å². The molecule has 0 saturated heterocycles. The summed E-state index contributed by atoms with van der Waals surface area (Å²) in [6.07, 6.45) is 0. The van der Waals surface area contributed by atoms with Crippen LogP contribution in [-0.4, -0.2) is 22.8 Å². The summed E-state index contributed by atoms with van der Waals surface area (Å²) in [5.74, 6) is -5.73. The van der Waals surface area contributed by atoms with E-state index in [9.17, 15) is 27.2 Å². The van der Waals surface area contributed by atoms with Crippen molar-refractivity contribution in [2.45, 2.75) is 0 Å². The number of methoxy groups -OCH3 is 1. The monoisotopic (exact) mass is 393 g/mol. The number of aromatic nitrogens is 2. The Morgan fingerprint density at radius 3 is 2.21 bits per heavy atom. The Balaban J connectivity index is 2.03. The molecule has 0 spiro atoms. The third-order valence-electron chi connectivity index (χ3n) is 3.65. The molecule has 0 unspecified atom stereocenters. The number of rotatable bonds is 4. The Hall–Kier alpha value is -3.69. The fourth-order valence-electron chi connectivity index (χ4n) is 2.31. The maximum Gasteiger partial charge on any atom is 0.280 e. The highest BCUT2D eigenvalue weighted by Gasteiger charge is 2.18. The SMILES string of the molecule is COc1cc(=O)c(C(=O)Nc2ccc(F)c(F)c2)nn1-c1ccc(F)c(F)c1. The predicted octanol–water partition coefficient (Wildman–Crippen LogP) is 3.05. The van der Waals surface area contributed by atoms with Crippen LogP contribution in [0.25, 0.3) is 5.69 Å². The van der Waals surface area contributed by atoms with Gasteiger partial charge in [0.05, 0.1) is 18.9 Å². The molecule has 0 aliphatic heterocycles. The average Bonchev–Trinajstić information content (AvgIpc) is 2.66. The molecule has 1 N–H and O–H groups in total. The second-order valence-corrected chi connectivity index (χ2v) is 5.49. The van der Waals surface area contributed by atoms with E-state index >= 15 is 0 Å². The van der Waals surface area contributed by atoms with E-state index in [0.29, 0.717) is 0 Å². The van der Waals surface area contributed by atoms with Gasteiger partial charge < -0.3 is 10.1 Å². The van der Waals surface area contributed by atoms with Crippen LogP contribution < -0.4 is 15.5 Å². The molecule has 0 fully saturated rings. The van der Waals surface area contributed by atoms with Crippen molar-refractivity contribution in [3.63, 3.8) is 0 Å². The van der Waals surface area contributed by atoms with Crippen LogP contribution in [0.1, 0.15) is 10.5 Å². The maximum atomic E-state index is 13.5. The first-order valence-electron chi connectivity index (χ1n) is 7.70. The normalized spacial score (nSPS) is 10.6. The lowest BCUT2D eigenvalue weighted by molar-refractivity contribution is 0.101. The van der Waals surface area contributed by atoms with Crippen molar-refractivity contribution >= 4 is 11.6 Å². The molecule has 1 heterocycles. The first-order chi connectivity index (χ1) is 13.3. The predicted molar refractivity (Wildman–Crippen MR) is 90.6 cm³/mol. The van der Waals surface area contributed by atoms with Gasteiger partial charge in [0.25, 0.3) is 5.91 Å². The van der Waals surface area contributed by atoms with Crippen LogP contribution in [0.2, 0.25) is 0 Å². The number of halogens is 4. The molecule has 10 heteroatoms. The summed E-state index contributed by atoms with van der Waals surface area (Å²) in [5, 5.41) is 6.04. The fourth-order valence-corrected chi connectivity index (χ4v) is 2.31. The van der Waals surface area contributed by atoms with Gasteiger partial charge in [-0.2, -0.15) is 5.10 Å². The highest BCUT2D eigenvalue weighted by Crippen LogP contribution is 2.18. The molecule has 2 aromatic carbocycles. The summed E-state index contributed by atoms with van der Waals surface area (Å²) in [4.78, 5) is 24.5. The van der Waals surface area contributed by atoms with Crippen molar-refractivity contribution < 1.29 is 27.1 Å². The number of carbonyl (C=O) groups is 1. The van der Waals surface area contributed by atoms with Crippen LogP contribution >= 0.6 is 0 Å². The number of benzene rings is 2. The first kappa shape index (κ1) is 19.1. The number of hydrogen-bond donors (Lipinski definition) is 1. The molecule has 3 rings (SSSR count). The molecular weight excluding hydrogens is 382 g/mol. The minimum atomic E-state index is -1.19. The lowest BCUT2D eigenvalue weighted by atomic mass is 10.2. The molecule has 0 saturated carbocycles. The van der Waals surface area contributed by atoms with Gasteiger partial charge in [-0.15, -0.1) is 0 Å². The van der Waals surface area contributed by atoms with E-state index in [2.05, 4.69) is 10.4 Å². The summed E-state index contributed by atoms with van der Waals surface area (Å²) < 4.78 is 58.9. The number of hydrogen-bond acceptors (Lipinski definition) is 4. The zero-order valence-electron chi connectivity index (χ0n) is 14.2. The smallest absolute Gasteiger partial charge is 0.280 e. The highest BCUT2D eigenvalue weighted by atomic mass is 19.2. The van der Waals surface area contributed by atoms with Crippen molar-refractivity contribution in [3.8, 4) is 11.6 Å². The molecular formula is C18H11F4N3O3. The fraction of sp³-hybridized carbons (Fsp3) is 0.0556. The lowest BCUT2D eigenvalue weighted by Gasteiger charge is -2.13. The second-order valence-electron chi connectivity index (χ2n) is 5.49. The largest absolute Gasteiger partial charge is 0.481 e. The molecule has 0 radical (unpaired) electrons. The Kier molecular flexibility index (Phi) is 5.12. The molecule has 0 atom stereocenters. The van der Waals surface area contributed by atoms with Gasteiger partial charge in [0.15, 0.2) is 29.0 Å². The molecule has 1 aromatic heterocycles. The van der Waals surface area contributed by atoms with Crippen molar-refractivity contribution in [1.29, 1.82) is 0 Å². The number of ether oxygens (including phenoxy) is 1. The second kappa shape index (κ2) is 7.51. The third kappa shape index (κ3) is 3.70. The minimum Gasteiger partial charge on any atom is -0.481 e. The topological polar surface area (TPSA) is 73.2 Å². The molecule has 1 amide bonds. The van der Waals surface area contributed by atoms with E-state index in [1.54, 1.807) is 0 Å². The van der Waals surface area contributed by atoms with Crippen molar-refractivity contribution in [3.05, 3.63) is 81.7 Å². The van der Waals surface area contributed by atoms with Crippen LogP contribution in [0, 0.1) is 23.3 Å². The number of nitrogens with zero attached hydrogens (tertiary/aromatic N) is 2. The molecule has 6 nitrogen and oxygen atoms in total. The van der Waals surface area contributed by atoms with Crippen molar-refractivity contribution in [2.24, 2.45) is 0 Å².